The quantitative estimate of drug-likeness (QED) is 0.439. The molecule has 1 rings (SSSR count). The lowest BCUT2D eigenvalue weighted by Crippen LogP contribution is -2.38. The van der Waals surface area contributed by atoms with Crippen molar-refractivity contribution in [3.63, 3.8) is 0 Å². The smallest absolute Gasteiger partial charge is 0.190 e. The van der Waals surface area contributed by atoms with Gasteiger partial charge in [0.2, 0.25) is 0 Å². The molecule has 2 N–H and O–H groups in total. The molecule has 0 aromatic carbocycles. The van der Waals surface area contributed by atoms with Crippen molar-refractivity contribution in [1.82, 2.24) is 20.4 Å². The summed E-state index contributed by atoms with van der Waals surface area (Å²) < 4.78 is 1.84. The summed E-state index contributed by atoms with van der Waals surface area (Å²) in [6, 6.07) is 0. The largest absolute Gasteiger partial charge is 0.356 e. The molecule has 0 aliphatic heterocycles. The van der Waals surface area contributed by atoms with Crippen molar-refractivity contribution in [3.05, 3.63) is 18.0 Å². The van der Waals surface area contributed by atoms with Crippen molar-refractivity contribution >= 4 is 5.96 Å². The third-order valence-electron chi connectivity index (χ3n) is 2.46. The Kier molecular flexibility index (Phi) is 6.14. The molecule has 0 unspecified atom stereocenters. The molecular formula is C12H23N5. The van der Waals surface area contributed by atoms with Crippen LogP contribution in [0.5, 0.6) is 0 Å². The van der Waals surface area contributed by atoms with Crippen molar-refractivity contribution in [2.75, 3.05) is 20.1 Å². The molecule has 0 atom stereocenters. The van der Waals surface area contributed by atoms with Gasteiger partial charge in [0.15, 0.2) is 5.96 Å². The van der Waals surface area contributed by atoms with Gasteiger partial charge < -0.3 is 10.6 Å². The third kappa shape index (κ3) is 5.38. The van der Waals surface area contributed by atoms with Crippen LogP contribution in [-0.4, -0.2) is 35.9 Å². The molecule has 0 fully saturated rings. The first-order valence-corrected chi connectivity index (χ1v) is 6.18. The van der Waals surface area contributed by atoms with Crippen molar-refractivity contribution in [1.29, 1.82) is 0 Å². The zero-order valence-corrected chi connectivity index (χ0v) is 11.0. The molecule has 5 nitrogen and oxygen atoms in total. The minimum absolute atomic E-state index is 0.887. The lowest BCUT2D eigenvalue weighted by Gasteiger charge is -2.10. The molecule has 0 radical (unpaired) electrons. The second kappa shape index (κ2) is 7.70. The summed E-state index contributed by atoms with van der Waals surface area (Å²) in [5, 5.41) is 10.7. The number of hydrogen-bond acceptors (Lipinski definition) is 2. The van der Waals surface area contributed by atoms with Crippen LogP contribution in [0.2, 0.25) is 0 Å². The van der Waals surface area contributed by atoms with E-state index in [0.717, 1.165) is 38.3 Å². The van der Waals surface area contributed by atoms with Crippen LogP contribution in [0.25, 0.3) is 0 Å². The second-order valence-corrected chi connectivity index (χ2v) is 4.05. The predicted octanol–water partition coefficient (Wildman–Crippen LogP) is 0.928. The highest BCUT2D eigenvalue weighted by Gasteiger charge is 1.98. The monoisotopic (exact) mass is 237 g/mol. The van der Waals surface area contributed by atoms with Gasteiger partial charge in [-0.25, -0.2) is 0 Å². The van der Waals surface area contributed by atoms with Crippen LogP contribution in [0.15, 0.2) is 17.4 Å². The van der Waals surface area contributed by atoms with Gasteiger partial charge in [0.1, 0.15) is 0 Å². The second-order valence-electron chi connectivity index (χ2n) is 4.05. The zero-order chi connectivity index (χ0) is 12.5. The van der Waals surface area contributed by atoms with Crippen LogP contribution in [-0.2, 0) is 13.5 Å². The summed E-state index contributed by atoms with van der Waals surface area (Å²) in [5.74, 6) is 0.887. The minimum atomic E-state index is 0.887. The van der Waals surface area contributed by atoms with Crippen molar-refractivity contribution < 1.29 is 0 Å². The summed E-state index contributed by atoms with van der Waals surface area (Å²) >= 11 is 0. The Labute approximate surface area is 103 Å². The van der Waals surface area contributed by atoms with Gasteiger partial charge in [0.05, 0.1) is 6.20 Å². The molecule has 1 aromatic heterocycles. The van der Waals surface area contributed by atoms with Crippen LogP contribution in [0.4, 0.5) is 0 Å². The summed E-state index contributed by atoms with van der Waals surface area (Å²) in [6.07, 6.45) is 7.22. The first-order valence-electron chi connectivity index (χ1n) is 6.18. The Morgan fingerprint density at radius 3 is 2.76 bits per heavy atom. The number of hydrogen-bond donors (Lipinski definition) is 2. The molecule has 1 aromatic rings. The maximum absolute atomic E-state index is 4.15. The lowest BCUT2D eigenvalue weighted by molar-refractivity contribution is 0.733. The fourth-order valence-electron chi connectivity index (χ4n) is 1.56. The van der Waals surface area contributed by atoms with Gasteiger partial charge >= 0.3 is 0 Å². The number of nitrogens with zero attached hydrogens (tertiary/aromatic N) is 3. The number of aliphatic imine (C=N–C) groups is 1. The Morgan fingerprint density at radius 1 is 1.41 bits per heavy atom. The molecule has 0 saturated heterocycles. The van der Waals surface area contributed by atoms with Crippen LogP contribution >= 0.6 is 0 Å². The maximum Gasteiger partial charge on any atom is 0.190 e. The SMILES string of the molecule is CCCNC(=NC)NCCCc1cnn(C)c1. The summed E-state index contributed by atoms with van der Waals surface area (Å²) in [5.41, 5.74) is 1.28. The molecule has 0 saturated carbocycles. The van der Waals surface area contributed by atoms with Crippen molar-refractivity contribution in [3.8, 4) is 0 Å². The predicted molar refractivity (Wildman–Crippen MR) is 71.2 cm³/mol. The standard InChI is InChI=1S/C12H23N5/c1-4-7-14-12(13-2)15-8-5-6-11-9-16-17(3)10-11/h9-10H,4-8H2,1-3H3,(H2,13,14,15). The first-order chi connectivity index (χ1) is 8.26. The molecule has 0 aliphatic rings. The maximum atomic E-state index is 4.15. The summed E-state index contributed by atoms with van der Waals surface area (Å²) in [6.45, 7) is 4.03. The van der Waals surface area contributed by atoms with Crippen LogP contribution in [0.3, 0.4) is 0 Å². The highest BCUT2D eigenvalue weighted by Crippen LogP contribution is 1.99. The van der Waals surface area contributed by atoms with Crippen molar-refractivity contribution in [2.45, 2.75) is 26.2 Å². The van der Waals surface area contributed by atoms with Gasteiger partial charge in [-0.3, -0.25) is 9.67 Å². The van der Waals surface area contributed by atoms with Gasteiger partial charge in [0.25, 0.3) is 0 Å². The van der Waals surface area contributed by atoms with E-state index in [1.54, 1.807) is 7.05 Å². The molecule has 1 heterocycles. The molecule has 17 heavy (non-hydrogen) atoms. The number of guanidine groups is 1. The Morgan fingerprint density at radius 2 is 2.18 bits per heavy atom. The van der Waals surface area contributed by atoms with E-state index in [9.17, 15) is 0 Å². The molecule has 5 heteroatoms. The lowest BCUT2D eigenvalue weighted by atomic mass is 10.2. The fraction of sp³-hybridized carbons (Fsp3) is 0.667. The van der Waals surface area contributed by atoms with Gasteiger partial charge in [-0.1, -0.05) is 6.92 Å². The van der Waals surface area contributed by atoms with E-state index in [0.29, 0.717) is 0 Å². The number of aryl methyl sites for hydroxylation is 2. The van der Waals surface area contributed by atoms with E-state index in [-0.39, 0.29) is 0 Å². The average molecular weight is 237 g/mol. The Bertz CT molecular complexity index is 342. The average Bonchev–Trinajstić information content (AvgIpc) is 2.74. The summed E-state index contributed by atoms with van der Waals surface area (Å²) in [7, 11) is 3.74. The van der Waals surface area contributed by atoms with Crippen LogP contribution in [0.1, 0.15) is 25.3 Å². The Hall–Kier alpha value is -1.52. The van der Waals surface area contributed by atoms with E-state index in [1.165, 1.54) is 5.56 Å². The topological polar surface area (TPSA) is 54.2 Å². The Balaban J connectivity index is 2.14. The number of rotatable bonds is 6. The molecule has 0 aliphatic carbocycles. The highest BCUT2D eigenvalue weighted by molar-refractivity contribution is 5.79. The minimum Gasteiger partial charge on any atom is -0.356 e. The van der Waals surface area contributed by atoms with Crippen LogP contribution in [0, 0.1) is 0 Å². The first kappa shape index (κ1) is 13.5. The van der Waals surface area contributed by atoms with E-state index >= 15 is 0 Å². The summed E-state index contributed by atoms with van der Waals surface area (Å²) in [4.78, 5) is 4.15. The molecule has 0 amide bonds. The van der Waals surface area contributed by atoms with E-state index < -0.39 is 0 Å². The number of nitrogens with one attached hydrogen (secondary N) is 2. The molecule has 0 spiro atoms. The van der Waals surface area contributed by atoms with E-state index in [4.69, 9.17) is 0 Å². The van der Waals surface area contributed by atoms with Crippen molar-refractivity contribution in [2.24, 2.45) is 12.0 Å². The molecule has 96 valence electrons. The van der Waals surface area contributed by atoms with Gasteiger partial charge in [-0.05, 0) is 24.8 Å². The normalized spacial score (nSPS) is 11.6. The number of aromatic nitrogens is 2. The van der Waals surface area contributed by atoms with Gasteiger partial charge in [-0.2, -0.15) is 5.10 Å². The van der Waals surface area contributed by atoms with Gasteiger partial charge in [0, 0.05) is 33.4 Å². The zero-order valence-electron chi connectivity index (χ0n) is 11.0. The van der Waals surface area contributed by atoms with Crippen LogP contribution < -0.4 is 10.6 Å². The highest BCUT2D eigenvalue weighted by atomic mass is 15.2. The molecule has 0 bridgehead atoms. The van der Waals surface area contributed by atoms with Gasteiger partial charge in [-0.15, -0.1) is 0 Å². The van der Waals surface area contributed by atoms with E-state index in [2.05, 4.69) is 33.8 Å². The fourth-order valence-corrected chi connectivity index (χ4v) is 1.56. The third-order valence-corrected chi connectivity index (χ3v) is 2.46. The van der Waals surface area contributed by atoms with E-state index in [1.807, 2.05) is 17.9 Å². The molecular weight excluding hydrogens is 214 g/mol.